The van der Waals surface area contributed by atoms with Crippen molar-refractivity contribution in [3.8, 4) is 44.9 Å². The summed E-state index contributed by atoms with van der Waals surface area (Å²) in [6.07, 6.45) is 0. The molecule has 402 valence electrons. The lowest BCUT2D eigenvalue weighted by Crippen LogP contribution is -2.47. The zero-order chi connectivity index (χ0) is 57.0. The third kappa shape index (κ3) is 9.22. The van der Waals surface area contributed by atoms with Crippen molar-refractivity contribution >= 4 is 119 Å². The van der Waals surface area contributed by atoms with Gasteiger partial charge in [0.05, 0.1) is 23.8 Å². The summed E-state index contributed by atoms with van der Waals surface area (Å²) >= 11 is 21.6. The predicted molar refractivity (Wildman–Crippen MR) is 299 cm³/mol. The molecule has 6 aromatic carbocycles. The Morgan fingerprint density at radius 2 is 0.787 bits per heavy atom. The van der Waals surface area contributed by atoms with Crippen molar-refractivity contribution in [1.82, 2.24) is 0 Å². The maximum Gasteiger partial charge on any atom is 0.275 e. The van der Waals surface area contributed by atoms with Gasteiger partial charge in [0.25, 0.3) is 34.7 Å². The summed E-state index contributed by atoms with van der Waals surface area (Å²) in [7, 11) is 1.39. The average Bonchev–Trinajstić information content (AvgIpc) is 4.30. The van der Waals surface area contributed by atoms with Crippen LogP contribution in [0.3, 0.4) is 0 Å². The molecule has 3 amide bonds. The van der Waals surface area contributed by atoms with Crippen LogP contribution in [0.25, 0.3) is 33.4 Å². The van der Waals surface area contributed by atoms with Gasteiger partial charge in [-0.05, 0) is 35.9 Å². The highest BCUT2D eigenvalue weighted by atomic mass is 35.5. The number of phenols is 1. The van der Waals surface area contributed by atoms with Gasteiger partial charge in [0.15, 0.2) is 0 Å². The minimum Gasteiger partial charge on any atom is -0.508 e. The molecular formula is C58H33Cl3F5N3O8S3. The van der Waals surface area contributed by atoms with Gasteiger partial charge in [0.1, 0.15) is 51.1 Å². The number of ether oxygens (including phenoxy) is 1. The minimum absolute atomic E-state index is 0.0169. The van der Waals surface area contributed by atoms with Gasteiger partial charge in [0.2, 0.25) is 17.3 Å². The van der Waals surface area contributed by atoms with Crippen LogP contribution in [-0.4, -0.2) is 47.3 Å². The number of Topliss-reactive ketones (excluding diaryl/α,β-unsaturated/α-hetero) is 3. The summed E-state index contributed by atoms with van der Waals surface area (Å²) in [4.78, 5) is 76.6. The van der Waals surface area contributed by atoms with Crippen LogP contribution in [0.5, 0.6) is 11.5 Å². The Balaban J connectivity index is 0.000000135. The number of hydrogen-bond donors (Lipinski definition) is 4. The lowest BCUT2D eigenvalue weighted by Gasteiger charge is -2.28. The fraction of sp³-hybridized carbons (Fsp3) is 0.0690. The molecule has 0 fully saturated rings. The molecule has 3 unspecified atom stereocenters. The van der Waals surface area contributed by atoms with Crippen LogP contribution in [0.4, 0.5) is 37.0 Å². The first-order valence-electron chi connectivity index (χ1n) is 23.4. The van der Waals surface area contributed by atoms with Crippen LogP contribution in [0.1, 0.15) is 47.8 Å². The molecule has 6 heterocycles. The van der Waals surface area contributed by atoms with Crippen molar-refractivity contribution in [2.75, 3.05) is 23.1 Å². The quantitative estimate of drug-likeness (QED) is 0.0903. The summed E-state index contributed by atoms with van der Waals surface area (Å²) in [5, 5.41) is 17.2. The first-order chi connectivity index (χ1) is 38.2. The maximum absolute atomic E-state index is 15.8. The molecule has 4 N–H and O–H groups in total. The number of carbonyl (C=O) groups is 6. The zero-order valence-electron chi connectivity index (χ0n) is 40.6. The van der Waals surface area contributed by atoms with Crippen molar-refractivity contribution in [3.05, 3.63) is 216 Å². The molecule has 11 nitrogen and oxygen atoms in total. The Kier molecular flexibility index (Phi) is 14.9. The SMILES string of the molecule is COc1ccc(-c2c(Cl)sc3c2C(=O)C(F)(c2ccccc2)C(=O)N3)c(F)c1.O=C1Nc2sc(Cl)c(-c3ccc(O)cc3)c2C(=O)C1(F)c1ccccc1.O=C1Nc2sc(Cl)c(-c3ccccc3F)c2C(=O)C1(F)c1ccccc1. The fourth-order valence-electron chi connectivity index (χ4n) is 9.16. The smallest absolute Gasteiger partial charge is 0.275 e. The topological polar surface area (TPSA) is 168 Å². The van der Waals surface area contributed by atoms with Crippen molar-refractivity contribution in [2.45, 2.75) is 17.0 Å². The van der Waals surface area contributed by atoms with Crippen LogP contribution in [-0.2, 0) is 31.4 Å². The number of halogens is 8. The number of nitrogens with one attached hydrogen (secondary N) is 3. The number of amides is 3. The maximum atomic E-state index is 15.8. The molecule has 80 heavy (non-hydrogen) atoms. The van der Waals surface area contributed by atoms with E-state index in [1.54, 1.807) is 48.5 Å². The molecule has 0 bridgehead atoms. The second-order valence-corrected chi connectivity index (χ2v) is 22.5. The van der Waals surface area contributed by atoms with E-state index in [9.17, 15) is 42.7 Å². The van der Waals surface area contributed by atoms with Gasteiger partial charge in [-0.1, -0.05) is 156 Å². The molecule has 12 rings (SSSR count). The molecule has 3 atom stereocenters. The van der Waals surface area contributed by atoms with Gasteiger partial charge in [-0.15, -0.1) is 34.0 Å². The monoisotopic (exact) mass is 1200 g/mol. The fourth-order valence-corrected chi connectivity index (χ4v) is 13.3. The number of hydrogen-bond acceptors (Lipinski definition) is 11. The number of fused-ring (bicyclic) bond motifs is 3. The highest BCUT2D eigenvalue weighted by Gasteiger charge is 2.57. The van der Waals surface area contributed by atoms with Crippen molar-refractivity contribution in [3.63, 3.8) is 0 Å². The number of rotatable bonds is 7. The largest absolute Gasteiger partial charge is 0.508 e. The molecular weight excluding hydrogens is 1160 g/mol. The lowest BCUT2D eigenvalue weighted by molar-refractivity contribution is -0.126. The van der Waals surface area contributed by atoms with E-state index in [-0.39, 0.29) is 95.1 Å². The van der Waals surface area contributed by atoms with Gasteiger partial charge in [0, 0.05) is 50.6 Å². The van der Waals surface area contributed by atoms with Crippen molar-refractivity contribution in [2.24, 2.45) is 0 Å². The Hall–Kier alpha value is -8.04. The van der Waals surface area contributed by atoms with E-state index in [1.807, 2.05) is 0 Å². The van der Waals surface area contributed by atoms with Crippen molar-refractivity contribution in [1.29, 1.82) is 0 Å². The van der Waals surface area contributed by atoms with Crippen LogP contribution >= 0.6 is 68.8 Å². The lowest BCUT2D eigenvalue weighted by atomic mass is 9.83. The number of ketones is 3. The summed E-state index contributed by atoms with van der Waals surface area (Å²) < 4.78 is 81.5. The molecule has 0 aliphatic carbocycles. The molecule has 9 aromatic rings. The summed E-state index contributed by atoms with van der Waals surface area (Å²) in [5.74, 6) is -7.24. The van der Waals surface area contributed by atoms with E-state index in [4.69, 9.17) is 39.5 Å². The van der Waals surface area contributed by atoms with Crippen LogP contribution in [0.2, 0.25) is 13.0 Å². The van der Waals surface area contributed by atoms with Crippen LogP contribution in [0, 0.1) is 11.6 Å². The Morgan fingerprint density at radius 1 is 0.438 bits per heavy atom. The Bertz CT molecular complexity index is 4020. The summed E-state index contributed by atoms with van der Waals surface area (Å²) in [6.45, 7) is 0. The highest BCUT2D eigenvalue weighted by molar-refractivity contribution is 7.22. The number of phenolic OH excluding ortho intramolecular Hbond substituents is 1. The average molecular weight is 1200 g/mol. The van der Waals surface area contributed by atoms with Gasteiger partial charge in [-0.2, -0.15) is 0 Å². The molecule has 22 heteroatoms. The minimum atomic E-state index is -2.93. The van der Waals surface area contributed by atoms with E-state index >= 15 is 13.2 Å². The van der Waals surface area contributed by atoms with E-state index < -0.39 is 63.7 Å². The normalized spacial score (nSPS) is 19.0. The van der Waals surface area contributed by atoms with Crippen molar-refractivity contribution < 1.29 is 60.6 Å². The van der Waals surface area contributed by atoms with Gasteiger partial charge >= 0.3 is 0 Å². The third-order valence-corrected chi connectivity index (χ3v) is 17.0. The van der Waals surface area contributed by atoms with E-state index in [1.165, 1.54) is 110 Å². The van der Waals surface area contributed by atoms with Gasteiger partial charge in [-0.3, -0.25) is 28.8 Å². The second kappa shape index (κ2) is 21.5. The van der Waals surface area contributed by atoms with Crippen LogP contribution in [0.15, 0.2) is 158 Å². The van der Waals surface area contributed by atoms with Gasteiger partial charge < -0.3 is 25.8 Å². The number of alkyl halides is 3. The van der Waals surface area contributed by atoms with E-state index in [0.29, 0.717) is 11.1 Å². The first kappa shape index (κ1) is 55.3. The molecule has 3 aliphatic rings. The molecule has 3 aromatic heterocycles. The first-order valence-corrected chi connectivity index (χ1v) is 27.0. The molecule has 0 spiro atoms. The highest BCUT2D eigenvalue weighted by Crippen LogP contribution is 2.53. The van der Waals surface area contributed by atoms with E-state index in [2.05, 4.69) is 16.0 Å². The molecule has 0 radical (unpaired) electrons. The molecule has 0 saturated heterocycles. The number of thiophene rings is 3. The molecule has 3 aliphatic heterocycles. The number of carbonyl (C=O) groups excluding carboxylic acids is 6. The second-order valence-electron chi connectivity index (χ2n) is 17.7. The zero-order valence-corrected chi connectivity index (χ0v) is 45.3. The molecule has 0 saturated carbocycles. The number of benzene rings is 6. The number of aromatic hydroxyl groups is 1. The van der Waals surface area contributed by atoms with Crippen LogP contribution < -0.4 is 20.7 Å². The Labute approximate surface area is 477 Å². The number of methoxy groups -OCH3 is 1. The predicted octanol–water partition coefficient (Wildman–Crippen LogP) is 15.2. The standard InChI is InChI=1S/C20H12ClF2NO3S.C19H10ClF2NO2S.C19H11ClFNO3S/c1-27-11-7-8-12(13(22)9-11)14-15-16(25)20(23,10-5-3-2-4-6-10)19(26)24-18(15)28-17(14)21;20-16-13(11-8-4-5-9-12(11)21)14-15(24)19(22,10-6-2-1-3-7-10)18(25)23-17(14)26-16;20-16-13(10-6-8-12(23)9-7-10)14-15(24)19(21,11-4-2-1-3-5-11)18(25)22-17(14)26-16/h2-9H,1H3,(H,24,26);1-9H,(H,23,25);1-9,23H,(H,22,25). The summed E-state index contributed by atoms with van der Waals surface area (Å²) in [5.41, 5.74) is -8.00. The Morgan fingerprint density at radius 3 is 1.16 bits per heavy atom. The van der Waals surface area contributed by atoms with E-state index in [0.717, 1.165) is 40.1 Å². The summed E-state index contributed by atoms with van der Waals surface area (Å²) in [6, 6.07) is 38.3. The third-order valence-electron chi connectivity index (χ3n) is 13.1. The number of anilines is 3. The van der Waals surface area contributed by atoms with Gasteiger partial charge in [-0.25, -0.2) is 22.0 Å².